The fourth-order valence-corrected chi connectivity index (χ4v) is 3.93. The Morgan fingerprint density at radius 3 is 3.00 bits per heavy atom. The fraction of sp³-hybridized carbons (Fsp3) is 0.429. The van der Waals surface area contributed by atoms with E-state index in [4.69, 9.17) is 0 Å². The number of halogens is 1. The highest BCUT2D eigenvalue weighted by Gasteiger charge is 2.30. The van der Waals surface area contributed by atoms with E-state index in [-0.39, 0.29) is 16.7 Å². The smallest absolute Gasteiger partial charge is 0.178 e. The minimum absolute atomic E-state index is 0.0838. The van der Waals surface area contributed by atoms with Gasteiger partial charge < -0.3 is 5.32 Å². The monoisotopic (exact) mass is 283 g/mol. The van der Waals surface area contributed by atoms with Crippen LogP contribution in [0.25, 0.3) is 0 Å². The molecule has 1 atom stereocenters. The van der Waals surface area contributed by atoms with Gasteiger partial charge in [-0.05, 0) is 50.1 Å². The molecule has 0 amide bonds. The number of sulfone groups is 1. The molecule has 1 heterocycles. The van der Waals surface area contributed by atoms with Gasteiger partial charge in [0.2, 0.25) is 0 Å². The van der Waals surface area contributed by atoms with Gasteiger partial charge in [0.25, 0.3) is 0 Å². The molecular weight excluding hydrogens is 265 g/mol. The van der Waals surface area contributed by atoms with Crippen LogP contribution in [0.1, 0.15) is 31.4 Å². The SMILES string of the molecule is C/C=C/CCNC1CCS(=O)(=O)c2ccc(F)cc21. The molecule has 0 aromatic heterocycles. The average molecular weight is 283 g/mol. The topological polar surface area (TPSA) is 46.2 Å². The molecule has 1 aliphatic heterocycles. The van der Waals surface area contributed by atoms with Crippen molar-refractivity contribution < 1.29 is 12.8 Å². The lowest BCUT2D eigenvalue weighted by molar-refractivity contribution is 0.492. The summed E-state index contributed by atoms with van der Waals surface area (Å²) >= 11 is 0. The predicted molar refractivity (Wildman–Crippen MR) is 73.2 cm³/mol. The zero-order valence-corrected chi connectivity index (χ0v) is 11.7. The maximum atomic E-state index is 13.3. The largest absolute Gasteiger partial charge is 0.310 e. The second-order valence-corrected chi connectivity index (χ2v) is 6.73. The molecule has 0 radical (unpaired) electrons. The molecule has 0 bridgehead atoms. The highest BCUT2D eigenvalue weighted by Crippen LogP contribution is 2.32. The standard InChI is InChI=1S/C14H18FNO2S/c1-2-3-4-8-16-13-7-9-19(17,18)14-6-5-11(15)10-12(13)14/h2-3,5-6,10,13,16H,4,7-9H2,1H3/b3-2+. The number of hydrogen-bond acceptors (Lipinski definition) is 3. The Kier molecular flexibility index (Phi) is 4.37. The lowest BCUT2D eigenvalue weighted by Gasteiger charge is -2.26. The van der Waals surface area contributed by atoms with Gasteiger partial charge in [0.1, 0.15) is 5.82 Å². The summed E-state index contributed by atoms with van der Waals surface area (Å²) in [7, 11) is -3.25. The second-order valence-electron chi connectivity index (χ2n) is 4.65. The summed E-state index contributed by atoms with van der Waals surface area (Å²) in [5.74, 6) is -0.275. The normalized spacial score (nSPS) is 21.5. The zero-order chi connectivity index (χ0) is 13.9. The third kappa shape index (κ3) is 3.22. The Hall–Kier alpha value is -1.20. The molecule has 19 heavy (non-hydrogen) atoms. The first-order valence-electron chi connectivity index (χ1n) is 6.41. The summed E-state index contributed by atoms with van der Waals surface area (Å²) < 4.78 is 37.2. The minimum Gasteiger partial charge on any atom is -0.310 e. The van der Waals surface area contributed by atoms with E-state index in [1.807, 2.05) is 19.1 Å². The lowest BCUT2D eigenvalue weighted by atomic mass is 10.0. The van der Waals surface area contributed by atoms with Crippen LogP contribution in [-0.4, -0.2) is 20.7 Å². The highest BCUT2D eigenvalue weighted by atomic mass is 32.2. The average Bonchev–Trinajstić information content (AvgIpc) is 2.36. The highest BCUT2D eigenvalue weighted by molar-refractivity contribution is 7.91. The van der Waals surface area contributed by atoms with E-state index in [1.165, 1.54) is 18.2 Å². The molecule has 0 aliphatic carbocycles. The Morgan fingerprint density at radius 1 is 1.47 bits per heavy atom. The molecule has 3 nitrogen and oxygen atoms in total. The molecule has 1 aliphatic rings. The molecule has 1 aromatic rings. The number of allylic oxidation sites excluding steroid dienone is 1. The molecule has 104 valence electrons. The number of hydrogen-bond donors (Lipinski definition) is 1. The number of nitrogens with one attached hydrogen (secondary N) is 1. The Morgan fingerprint density at radius 2 is 2.26 bits per heavy atom. The van der Waals surface area contributed by atoms with Gasteiger partial charge in [-0.15, -0.1) is 0 Å². The van der Waals surface area contributed by atoms with Crippen LogP contribution in [0.5, 0.6) is 0 Å². The van der Waals surface area contributed by atoms with Crippen molar-refractivity contribution in [1.82, 2.24) is 5.32 Å². The van der Waals surface area contributed by atoms with Crippen LogP contribution in [0, 0.1) is 5.82 Å². The maximum Gasteiger partial charge on any atom is 0.178 e. The first kappa shape index (κ1) is 14.2. The van der Waals surface area contributed by atoms with Gasteiger partial charge in [-0.25, -0.2) is 12.8 Å². The Labute approximate surface area is 113 Å². The lowest BCUT2D eigenvalue weighted by Crippen LogP contribution is -2.30. The molecule has 2 rings (SSSR count). The van der Waals surface area contributed by atoms with Crippen LogP contribution in [0.3, 0.4) is 0 Å². The maximum absolute atomic E-state index is 13.3. The number of benzene rings is 1. The van der Waals surface area contributed by atoms with Crippen molar-refractivity contribution in [3.05, 3.63) is 41.7 Å². The van der Waals surface area contributed by atoms with Crippen molar-refractivity contribution in [1.29, 1.82) is 0 Å². The first-order valence-corrected chi connectivity index (χ1v) is 8.06. The summed E-state index contributed by atoms with van der Waals surface area (Å²) in [6.07, 6.45) is 5.39. The minimum atomic E-state index is -3.25. The van der Waals surface area contributed by atoms with Gasteiger partial charge in [0, 0.05) is 6.04 Å². The molecule has 1 aromatic carbocycles. The van der Waals surface area contributed by atoms with Crippen LogP contribution < -0.4 is 5.32 Å². The quantitative estimate of drug-likeness (QED) is 0.525. The van der Waals surface area contributed by atoms with E-state index in [1.54, 1.807) is 0 Å². The molecule has 1 N–H and O–H groups in total. The second kappa shape index (κ2) is 5.84. The molecule has 0 saturated heterocycles. The van der Waals surface area contributed by atoms with E-state index in [0.29, 0.717) is 12.0 Å². The first-order chi connectivity index (χ1) is 9.04. The predicted octanol–water partition coefficient (Wildman–Crippen LogP) is 2.60. The molecule has 5 heteroatoms. The van der Waals surface area contributed by atoms with Gasteiger partial charge in [0.05, 0.1) is 10.6 Å². The third-order valence-corrected chi connectivity index (χ3v) is 5.11. The summed E-state index contributed by atoms with van der Waals surface area (Å²) in [5.41, 5.74) is 0.562. The molecular formula is C14H18FNO2S. The molecule has 0 saturated carbocycles. The van der Waals surface area contributed by atoms with Gasteiger partial charge in [0.15, 0.2) is 9.84 Å². The van der Waals surface area contributed by atoms with Crippen molar-refractivity contribution >= 4 is 9.84 Å². The Bertz CT molecular complexity index is 581. The zero-order valence-electron chi connectivity index (χ0n) is 10.9. The third-order valence-electron chi connectivity index (χ3n) is 3.30. The van der Waals surface area contributed by atoms with E-state index in [2.05, 4.69) is 5.32 Å². The van der Waals surface area contributed by atoms with Crippen LogP contribution in [0.15, 0.2) is 35.2 Å². The summed E-state index contributed by atoms with van der Waals surface area (Å²) in [6, 6.07) is 3.83. The molecule has 1 unspecified atom stereocenters. The van der Waals surface area contributed by atoms with E-state index >= 15 is 0 Å². The van der Waals surface area contributed by atoms with Crippen molar-refractivity contribution in [3.63, 3.8) is 0 Å². The fourth-order valence-electron chi connectivity index (χ4n) is 2.33. The van der Waals surface area contributed by atoms with Crippen molar-refractivity contribution in [2.75, 3.05) is 12.3 Å². The van der Waals surface area contributed by atoms with Crippen LogP contribution in [0.4, 0.5) is 4.39 Å². The number of fused-ring (bicyclic) bond motifs is 1. The summed E-state index contributed by atoms with van der Waals surface area (Å²) in [4.78, 5) is 0.267. The van der Waals surface area contributed by atoms with Crippen molar-refractivity contribution in [2.45, 2.75) is 30.7 Å². The van der Waals surface area contributed by atoms with Crippen molar-refractivity contribution in [3.8, 4) is 0 Å². The van der Waals surface area contributed by atoms with E-state index in [0.717, 1.165) is 13.0 Å². The number of rotatable bonds is 4. The van der Waals surface area contributed by atoms with Gasteiger partial charge in [-0.3, -0.25) is 0 Å². The van der Waals surface area contributed by atoms with E-state index in [9.17, 15) is 12.8 Å². The summed E-state index contributed by atoms with van der Waals surface area (Å²) in [5, 5.41) is 3.30. The molecule has 0 spiro atoms. The van der Waals surface area contributed by atoms with Crippen LogP contribution in [-0.2, 0) is 9.84 Å². The van der Waals surface area contributed by atoms with Crippen LogP contribution >= 0.6 is 0 Å². The Balaban J connectivity index is 2.23. The van der Waals surface area contributed by atoms with Gasteiger partial charge in [-0.1, -0.05) is 12.2 Å². The van der Waals surface area contributed by atoms with Gasteiger partial charge in [-0.2, -0.15) is 0 Å². The van der Waals surface area contributed by atoms with Crippen molar-refractivity contribution in [2.24, 2.45) is 0 Å². The van der Waals surface area contributed by atoms with Gasteiger partial charge >= 0.3 is 0 Å². The van der Waals surface area contributed by atoms with E-state index < -0.39 is 15.7 Å². The van der Waals surface area contributed by atoms with Crippen LogP contribution in [0.2, 0.25) is 0 Å². The summed E-state index contributed by atoms with van der Waals surface area (Å²) in [6.45, 7) is 2.71. The molecule has 0 fully saturated rings.